The number of carboxylic acid groups (broad SMARTS) is 1. The van der Waals surface area contributed by atoms with Crippen LogP contribution in [0.4, 0.5) is 0 Å². The highest BCUT2D eigenvalue weighted by atomic mass is 16.4. The molecule has 3 aromatic rings. The third-order valence-corrected chi connectivity index (χ3v) is 5.17. The topological polar surface area (TPSA) is 71.5 Å². The smallest absolute Gasteiger partial charge is 0.330 e. The van der Waals surface area contributed by atoms with E-state index < -0.39 is 11.5 Å². The zero-order valence-corrected chi connectivity index (χ0v) is 14.2. The molecule has 1 saturated heterocycles. The maximum atomic E-state index is 12.2. The molecule has 25 heavy (non-hydrogen) atoms. The van der Waals surface area contributed by atoms with Gasteiger partial charge in [-0.25, -0.2) is 9.78 Å². The highest BCUT2D eigenvalue weighted by Crippen LogP contribution is 2.34. The van der Waals surface area contributed by atoms with Gasteiger partial charge in [0.15, 0.2) is 0 Å². The van der Waals surface area contributed by atoms with Gasteiger partial charge < -0.3 is 14.1 Å². The van der Waals surface area contributed by atoms with E-state index in [1.807, 2.05) is 47.9 Å². The number of nitrogens with zero attached hydrogens (tertiary/aromatic N) is 3. The van der Waals surface area contributed by atoms with Crippen molar-refractivity contribution < 1.29 is 14.3 Å². The molecule has 1 N–H and O–H groups in total. The molecule has 0 radical (unpaired) electrons. The molecule has 130 valence electrons. The lowest BCUT2D eigenvalue weighted by molar-refractivity contribution is -0.150. The minimum atomic E-state index is -0.939. The second-order valence-corrected chi connectivity index (χ2v) is 6.73. The number of furan rings is 1. The van der Waals surface area contributed by atoms with Crippen molar-refractivity contribution in [1.29, 1.82) is 0 Å². The largest absolute Gasteiger partial charge is 0.479 e. The van der Waals surface area contributed by atoms with Crippen LogP contribution in [-0.4, -0.2) is 38.6 Å². The average Bonchev–Trinajstić information content (AvgIpc) is 3.22. The number of piperidine rings is 1. The van der Waals surface area contributed by atoms with Gasteiger partial charge in [-0.05, 0) is 44.0 Å². The van der Waals surface area contributed by atoms with Crippen LogP contribution in [0.1, 0.15) is 24.4 Å². The van der Waals surface area contributed by atoms with E-state index in [2.05, 4.69) is 9.88 Å². The molecule has 4 rings (SSSR count). The Balaban J connectivity index is 1.58. The first kappa shape index (κ1) is 15.9. The van der Waals surface area contributed by atoms with Gasteiger partial charge in [0, 0.05) is 13.1 Å². The molecule has 2 aromatic heterocycles. The van der Waals surface area contributed by atoms with E-state index >= 15 is 0 Å². The first-order valence-electron chi connectivity index (χ1n) is 8.52. The van der Waals surface area contributed by atoms with E-state index in [1.54, 1.807) is 6.33 Å². The molecule has 1 fully saturated rings. The zero-order valence-electron chi connectivity index (χ0n) is 14.2. The molecule has 1 aliphatic heterocycles. The van der Waals surface area contributed by atoms with Crippen LogP contribution < -0.4 is 0 Å². The number of hydrogen-bond donors (Lipinski definition) is 1. The molecule has 0 unspecified atom stereocenters. The summed E-state index contributed by atoms with van der Waals surface area (Å²) in [5, 5.41) is 10.0. The Bertz CT molecular complexity index is 903. The summed E-state index contributed by atoms with van der Waals surface area (Å²) in [4.78, 5) is 18.8. The van der Waals surface area contributed by atoms with Crippen LogP contribution in [0, 0.1) is 6.92 Å². The summed E-state index contributed by atoms with van der Waals surface area (Å²) >= 11 is 0. The number of imidazole rings is 1. The molecule has 0 saturated carbocycles. The van der Waals surface area contributed by atoms with Gasteiger partial charge in [-0.15, -0.1) is 0 Å². The average molecular weight is 339 g/mol. The normalized spacial score (nSPS) is 17.8. The fraction of sp³-hybridized carbons (Fsp3) is 0.368. The SMILES string of the molecule is Cc1ccc(CN2CCC(C(=O)O)(n3cnc4ccccc43)CC2)o1. The third kappa shape index (κ3) is 2.72. The number of aliphatic carboxylic acids is 1. The standard InChI is InChI=1S/C19H21N3O3/c1-14-6-7-15(25-14)12-21-10-8-19(9-11-21,18(23)24)22-13-20-16-4-2-3-5-17(16)22/h2-7,13H,8-12H2,1H3,(H,23,24). The number of rotatable bonds is 4. The molecular formula is C19H21N3O3. The number of carbonyl (C=O) groups is 1. The number of fused-ring (bicyclic) bond motifs is 1. The molecule has 0 bridgehead atoms. The molecular weight excluding hydrogens is 318 g/mol. The van der Waals surface area contributed by atoms with E-state index in [9.17, 15) is 9.90 Å². The van der Waals surface area contributed by atoms with E-state index in [-0.39, 0.29) is 0 Å². The van der Waals surface area contributed by atoms with Gasteiger partial charge >= 0.3 is 5.97 Å². The predicted octanol–water partition coefficient (Wildman–Crippen LogP) is 3.01. The van der Waals surface area contributed by atoms with Crippen molar-refractivity contribution in [3.63, 3.8) is 0 Å². The summed E-state index contributed by atoms with van der Waals surface area (Å²) in [6.07, 6.45) is 2.76. The molecule has 1 aromatic carbocycles. The van der Waals surface area contributed by atoms with Gasteiger partial charge in [-0.1, -0.05) is 12.1 Å². The lowest BCUT2D eigenvalue weighted by Crippen LogP contribution is -2.50. The van der Waals surface area contributed by atoms with E-state index in [4.69, 9.17) is 4.42 Å². The van der Waals surface area contributed by atoms with Crippen LogP contribution in [0.25, 0.3) is 11.0 Å². The summed E-state index contributed by atoms with van der Waals surface area (Å²) in [5.41, 5.74) is 0.766. The summed E-state index contributed by atoms with van der Waals surface area (Å²) in [7, 11) is 0. The molecule has 6 nitrogen and oxygen atoms in total. The highest BCUT2D eigenvalue weighted by Gasteiger charge is 2.44. The minimum Gasteiger partial charge on any atom is -0.479 e. The van der Waals surface area contributed by atoms with Gasteiger partial charge in [0.25, 0.3) is 0 Å². The fourth-order valence-corrected chi connectivity index (χ4v) is 3.73. The van der Waals surface area contributed by atoms with Crippen molar-refractivity contribution in [3.05, 3.63) is 54.2 Å². The Morgan fingerprint density at radius 2 is 2.00 bits per heavy atom. The van der Waals surface area contributed by atoms with E-state index in [1.165, 1.54) is 0 Å². The second-order valence-electron chi connectivity index (χ2n) is 6.73. The van der Waals surface area contributed by atoms with E-state index in [0.29, 0.717) is 32.5 Å². The van der Waals surface area contributed by atoms with Crippen molar-refractivity contribution in [2.45, 2.75) is 31.8 Å². The second kappa shape index (κ2) is 6.04. The number of hydrogen-bond acceptors (Lipinski definition) is 4. The number of likely N-dealkylation sites (tertiary alicyclic amines) is 1. The predicted molar refractivity (Wildman–Crippen MR) is 93.3 cm³/mol. The van der Waals surface area contributed by atoms with Crippen molar-refractivity contribution in [1.82, 2.24) is 14.5 Å². The number of aryl methyl sites for hydroxylation is 1. The maximum Gasteiger partial charge on any atom is 0.330 e. The van der Waals surface area contributed by atoms with Crippen LogP contribution in [0.5, 0.6) is 0 Å². The minimum absolute atomic E-state index is 0.544. The number of para-hydroxylation sites is 2. The number of carboxylic acids is 1. The molecule has 6 heteroatoms. The Morgan fingerprint density at radius 3 is 2.68 bits per heavy atom. The molecule has 0 aliphatic carbocycles. The van der Waals surface area contributed by atoms with Gasteiger partial charge in [0.1, 0.15) is 17.1 Å². The Hall–Kier alpha value is -2.60. The summed E-state index contributed by atoms with van der Waals surface area (Å²) in [5.74, 6) is 1.04. The lowest BCUT2D eigenvalue weighted by Gasteiger charge is -2.39. The molecule has 3 heterocycles. The van der Waals surface area contributed by atoms with Gasteiger partial charge in [0.2, 0.25) is 0 Å². The van der Waals surface area contributed by atoms with Crippen LogP contribution in [-0.2, 0) is 16.9 Å². The summed E-state index contributed by atoms with van der Waals surface area (Å²) in [6, 6.07) is 11.6. The molecule has 0 spiro atoms. The number of aromatic nitrogens is 2. The summed E-state index contributed by atoms with van der Waals surface area (Å²) in [6.45, 7) is 4.06. The summed E-state index contributed by atoms with van der Waals surface area (Å²) < 4.78 is 7.49. The van der Waals surface area contributed by atoms with Crippen molar-refractivity contribution in [2.24, 2.45) is 0 Å². The lowest BCUT2D eigenvalue weighted by atomic mass is 9.87. The molecule has 1 aliphatic rings. The maximum absolute atomic E-state index is 12.2. The van der Waals surface area contributed by atoms with E-state index in [0.717, 1.165) is 22.6 Å². The Labute approximate surface area is 145 Å². The van der Waals surface area contributed by atoms with Crippen LogP contribution in [0.3, 0.4) is 0 Å². The first-order chi connectivity index (χ1) is 12.1. The van der Waals surface area contributed by atoms with Gasteiger partial charge in [0.05, 0.1) is 23.9 Å². The van der Waals surface area contributed by atoms with Crippen LogP contribution in [0.2, 0.25) is 0 Å². The Morgan fingerprint density at radius 1 is 1.24 bits per heavy atom. The third-order valence-electron chi connectivity index (χ3n) is 5.17. The van der Waals surface area contributed by atoms with Crippen LogP contribution >= 0.6 is 0 Å². The first-order valence-corrected chi connectivity index (χ1v) is 8.52. The van der Waals surface area contributed by atoms with Crippen molar-refractivity contribution in [3.8, 4) is 0 Å². The quantitative estimate of drug-likeness (QED) is 0.791. The van der Waals surface area contributed by atoms with Crippen molar-refractivity contribution >= 4 is 17.0 Å². The number of benzene rings is 1. The highest BCUT2D eigenvalue weighted by molar-refractivity contribution is 5.82. The molecule has 0 atom stereocenters. The molecule has 0 amide bonds. The Kier molecular flexibility index (Phi) is 3.84. The van der Waals surface area contributed by atoms with Crippen LogP contribution in [0.15, 0.2) is 47.1 Å². The zero-order chi connectivity index (χ0) is 17.4. The fourth-order valence-electron chi connectivity index (χ4n) is 3.73. The monoisotopic (exact) mass is 339 g/mol. The van der Waals surface area contributed by atoms with Gasteiger partial charge in [-0.2, -0.15) is 0 Å². The van der Waals surface area contributed by atoms with Crippen molar-refractivity contribution in [2.75, 3.05) is 13.1 Å². The van der Waals surface area contributed by atoms with Gasteiger partial charge in [-0.3, -0.25) is 4.90 Å².